The number of anilines is 3. The van der Waals surface area contributed by atoms with Crippen LogP contribution in [0.5, 0.6) is 0 Å². The van der Waals surface area contributed by atoms with Gasteiger partial charge in [-0.1, -0.05) is 11.6 Å². The van der Waals surface area contributed by atoms with E-state index >= 15 is 0 Å². The number of rotatable bonds is 4. The molecule has 2 aromatic carbocycles. The van der Waals surface area contributed by atoms with Crippen LogP contribution in [0.1, 0.15) is 18.4 Å². The Labute approximate surface area is 159 Å². The van der Waals surface area contributed by atoms with Crippen LogP contribution in [0.25, 0.3) is 0 Å². The quantitative estimate of drug-likeness (QED) is 0.718. The lowest BCUT2D eigenvalue weighted by atomic mass is 9.99. The highest BCUT2D eigenvalue weighted by Crippen LogP contribution is 2.35. The Morgan fingerprint density at radius 3 is 2.30 bits per heavy atom. The van der Waals surface area contributed by atoms with Crippen molar-refractivity contribution in [1.82, 2.24) is 0 Å². The fourth-order valence-corrected chi connectivity index (χ4v) is 2.96. The van der Waals surface area contributed by atoms with Crippen LogP contribution in [0, 0.1) is 5.92 Å². The maximum Gasteiger partial charge on any atom is 0.416 e. The van der Waals surface area contributed by atoms with Crippen LogP contribution < -0.4 is 10.6 Å². The van der Waals surface area contributed by atoms with Gasteiger partial charge in [0.05, 0.1) is 16.3 Å². The average molecular weight is 399 g/mol. The Morgan fingerprint density at radius 1 is 1.04 bits per heavy atom. The lowest BCUT2D eigenvalue weighted by Gasteiger charge is -2.21. The Kier molecular flexibility index (Phi) is 5.92. The minimum atomic E-state index is -4.45. The smallest absolute Gasteiger partial charge is 0.381 e. The molecule has 1 fully saturated rings. The second kappa shape index (κ2) is 8.19. The molecule has 4 nitrogen and oxygen atoms in total. The van der Waals surface area contributed by atoms with Crippen LogP contribution in [0.3, 0.4) is 0 Å². The normalized spacial score (nSPS) is 15.4. The number of ether oxygens (including phenoxy) is 1. The fourth-order valence-electron chi connectivity index (χ4n) is 2.79. The first-order valence-electron chi connectivity index (χ1n) is 8.45. The van der Waals surface area contributed by atoms with Gasteiger partial charge in [-0.3, -0.25) is 4.79 Å². The predicted molar refractivity (Wildman–Crippen MR) is 98.4 cm³/mol. The molecule has 0 spiro atoms. The van der Waals surface area contributed by atoms with E-state index < -0.39 is 11.7 Å². The lowest BCUT2D eigenvalue weighted by Crippen LogP contribution is -2.28. The summed E-state index contributed by atoms with van der Waals surface area (Å²) in [7, 11) is 0. The van der Waals surface area contributed by atoms with Gasteiger partial charge in [-0.05, 0) is 55.3 Å². The van der Waals surface area contributed by atoms with Crippen molar-refractivity contribution in [2.75, 3.05) is 23.8 Å². The molecule has 0 unspecified atom stereocenters. The first-order chi connectivity index (χ1) is 12.8. The number of hydrogen-bond acceptors (Lipinski definition) is 3. The van der Waals surface area contributed by atoms with Crippen LogP contribution in [-0.4, -0.2) is 19.1 Å². The van der Waals surface area contributed by atoms with E-state index in [1.165, 1.54) is 6.07 Å². The molecule has 144 valence electrons. The number of hydrogen-bond donors (Lipinski definition) is 2. The molecule has 3 rings (SSSR count). The average Bonchev–Trinajstić information content (AvgIpc) is 2.65. The summed E-state index contributed by atoms with van der Waals surface area (Å²) in [5, 5.41) is 5.89. The van der Waals surface area contributed by atoms with E-state index in [9.17, 15) is 18.0 Å². The van der Waals surface area contributed by atoms with Crippen molar-refractivity contribution >= 4 is 34.6 Å². The van der Waals surface area contributed by atoms with Gasteiger partial charge >= 0.3 is 6.18 Å². The number of alkyl halides is 3. The van der Waals surface area contributed by atoms with Crippen LogP contribution in [0.4, 0.5) is 30.2 Å². The largest absolute Gasteiger partial charge is 0.416 e. The van der Waals surface area contributed by atoms with Gasteiger partial charge in [0.1, 0.15) is 0 Å². The Morgan fingerprint density at radius 2 is 1.67 bits per heavy atom. The first-order valence-corrected chi connectivity index (χ1v) is 8.83. The van der Waals surface area contributed by atoms with Gasteiger partial charge < -0.3 is 15.4 Å². The summed E-state index contributed by atoms with van der Waals surface area (Å²) in [5.41, 5.74) is 0.549. The van der Waals surface area contributed by atoms with E-state index in [4.69, 9.17) is 16.3 Å². The van der Waals surface area contributed by atoms with Gasteiger partial charge in [-0.15, -0.1) is 0 Å². The van der Waals surface area contributed by atoms with Gasteiger partial charge in [-0.2, -0.15) is 13.2 Å². The van der Waals surface area contributed by atoms with E-state index in [1.54, 1.807) is 24.3 Å². The molecular formula is C19H18ClF3N2O2. The molecule has 1 aliphatic rings. The maximum atomic E-state index is 12.8. The SMILES string of the molecule is O=C(Nc1ccc(Nc2cc(C(F)(F)F)ccc2Cl)cc1)C1CCOCC1. The third kappa shape index (κ3) is 5.14. The van der Waals surface area contributed by atoms with Crippen molar-refractivity contribution in [2.45, 2.75) is 19.0 Å². The molecule has 1 heterocycles. The zero-order valence-electron chi connectivity index (χ0n) is 14.3. The number of amides is 1. The molecule has 1 aliphatic heterocycles. The van der Waals surface area contributed by atoms with Crippen LogP contribution >= 0.6 is 11.6 Å². The van der Waals surface area contributed by atoms with Gasteiger partial charge in [-0.25, -0.2) is 0 Å². The van der Waals surface area contributed by atoms with E-state index in [1.807, 2.05) is 0 Å². The second-order valence-corrected chi connectivity index (χ2v) is 6.68. The number of carbonyl (C=O) groups is 1. The molecule has 0 radical (unpaired) electrons. The third-order valence-electron chi connectivity index (χ3n) is 4.32. The molecule has 0 saturated carbocycles. The highest BCUT2D eigenvalue weighted by Gasteiger charge is 2.31. The van der Waals surface area contributed by atoms with E-state index in [-0.39, 0.29) is 22.5 Å². The number of benzene rings is 2. The van der Waals surface area contributed by atoms with Crippen molar-refractivity contribution < 1.29 is 22.7 Å². The third-order valence-corrected chi connectivity index (χ3v) is 4.65. The fraction of sp³-hybridized carbons (Fsp3) is 0.316. The lowest BCUT2D eigenvalue weighted by molar-refractivity contribution is -0.137. The molecule has 0 aromatic heterocycles. The van der Waals surface area contributed by atoms with Crippen molar-refractivity contribution in [3.8, 4) is 0 Å². The van der Waals surface area contributed by atoms with Crippen molar-refractivity contribution in [3.63, 3.8) is 0 Å². The number of nitrogens with one attached hydrogen (secondary N) is 2. The monoisotopic (exact) mass is 398 g/mol. The highest BCUT2D eigenvalue weighted by atomic mass is 35.5. The highest BCUT2D eigenvalue weighted by molar-refractivity contribution is 6.33. The standard InChI is InChI=1S/C19H18ClF3N2O2/c20-16-6-1-13(19(21,22)23)11-17(16)24-14-2-4-15(5-3-14)25-18(26)12-7-9-27-10-8-12/h1-6,11-12,24H,7-10H2,(H,25,26). The molecule has 2 N–H and O–H groups in total. The molecular weight excluding hydrogens is 381 g/mol. The minimum absolute atomic E-state index is 0.0556. The molecule has 0 atom stereocenters. The number of carbonyl (C=O) groups excluding carboxylic acids is 1. The summed E-state index contributed by atoms with van der Waals surface area (Å²) < 4.78 is 43.8. The predicted octanol–water partition coefficient (Wildman–Crippen LogP) is 5.47. The Bertz CT molecular complexity index is 804. The van der Waals surface area contributed by atoms with Gasteiger partial charge in [0.15, 0.2) is 0 Å². The Balaban J connectivity index is 1.66. The zero-order valence-corrected chi connectivity index (χ0v) is 15.0. The Hall–Kier alpha value is -2.25. The zero-order chi connectivity index (χ0) is 19.4. The van der Waals surface area contributed by atoms with Crippen molar-refractivity contribution in [3.05, 3.63) is 53.1 Å². The van der Waals surface area contributed by atoms with Gasteiger partial charge in [0.2, 0.25) is 5.91 Å². The molecule has 27 heavy (non-hydrogen) atoms. The van der Waals surface area contributed by atoms with Crippen molar-refractivity contribution in [1.29, 1.82) is 0 Å². The molecule has 0 aliphatic carbocycles. The summed E-state index contributed by atoms with van der Waals surface area (Å²) in [5.74, 6) is -0.125. The summed E-state index contributed by atoms with van der Waals surface area (Å²) in [4.78, 5) is 12.2. The van der Waals surface area contributed by atoms with Crippen LogP contribution in [-0.2, 0) is 15.7 Å². The van der Waals surface area contributed by atoms with Crippen LogP contribution in [0.2, 0.25) is 5.02 Å². The van der Waals surface area contributed by atoms with Gasteiger partial charge in [0, 0.05) is 30.5 Å². The summed E-state index contributed by atoms with van der Waals surface area (Å²) >= 11 is 5.99. The molecule has 1 saturated heterocycles. The molecule has 8 heteroatoms. The van der Waals surface area contributed by atoms with E-state index in [0.717, 1.165) is 12.1 Å². The minimum Gasteiger partial charge on any atom is -0.381 e. The topological polar surface area (TPSA) is 50.4 Å². The van der Waals surface area contributed by atoms with E-state index in [2.05, 4.69) is 10.6 Å². The summed E-state index contributed by atoms with van der Waals surface area (Å²) in [6.07, 6.45) is -3.06. The molecule has 0 bridgehead atoms. The van der Waals surface area contributed by atoms with E-state index in [0.29, 0.717) is 37.4 Å². The first kappa shape index (κ1) is 19.5. The summed E-state index contributed by atoms with van der Waals surface area (Å²) in [6, 6.07) is 9.79. The molecule has 1 amide bonds. The summed E-state index contributed by atoms with van der Waals surface area (Å²) in [6.45, 7) is 1.16. The van der Waals surface area contributed by atoms with Crippen LogP contribution in [0.15, 0.2) is 42.5 Å². The van der Waals surface area contributed by atoms with Gasteiger partial charge in [0.25, 0.3) is 0 Å². The molecule has 2 aromatic rings. The number of halogens is 4. The maximum absolute atomic E-state index is 12.8. The van der Waals surface area contributed by atoms with Crippen molar-refractivity contribution in [2.24, 2.45) is 5.92 Å². The second-order valence-electron chi connectivity index (χ2n) is 6.27.